The minimum atomic E-state index is -3.48. The van der Waals surface area contributed by atoms with Gasteiger partial charge in [0.15, 0.2) is 0 Å². The van der Waals surface area contributed by atoms with Crippen molar-refractivity contribution in [1.82, 2.24) is 9.97 Å². The molecule has 32 heavy (non-hydrogen) atoms. The van der Waals surface area contributed by atoms with Gasteiger partial charge in [-0.3, -0.25) is 9.78 Å². The predicted octanol–water partition coefficient (Wildman–Crippen LogP) is 6.22. The lowest BCUT2D eigenvalue weighted by Gasteiger charge is -2.24. The van der Waals surface area contributed by atoms with Crippen LogP contribution in [0.15, 0.2) is 48.8 Å². The number of fused-ring (bicyclic) bond motifs is 2. The number of alkyl halides is 2. The standard InChI is InChI=1S/C24H21ClF3N3O/c25-17-1-4-22(30-12-17)31-23(32)24(27,28)16-9-13-7-15(8-14(13)10-16)19-5-6-29-21-3-2-18(26)11-20(19)21/h1-6,11-16H,7-10H2,(H,30,31,32)/t13-,14?,15?,16?/m1/s1. The van der Waals surface area contributed by atoms with E-state index in [4.69, 9.17) is 11.6 Å². The minimum Gasteiger partial charge on any atom is -0.305 e. The fourth-order valence-corrected chi connectivity index (χ4v) is 5.61. The number of hydrogen-bond donors (Lipinski definition) is 1. The molecule has 0 aliphatic heterocycles. The molecule has 0 bridgehead atoms. The number of pyridine rings is 2. The van der Waals surface area contributed by atoms with Gasteiger partial charge in [-0.05, 0) is 85.4 Å². The maximum Gasteiger partial charge on any atom is 0.327 e. The van der Waals surface area contributed by atoms with Gasteiger partial charge in [-0.25, -0.2) is 9.37 Å². The lowest BCUT2D eigenvalue weighted by molar-refractivity contribution is -0.148. The average Bonchev–Trinajstić information content (AvgIpc) is 3.34. The molecular weight excluding hydrogens is 439 g/mol. The Morgan fingerprint density at radius 2 is 1.78 bits per heavy atom. The third kappa shape index (κ3) is 3.83. The highest BCUT2D eigenvalue weighted by Gasteiger charge is 2.54. The summed E-state index contributed by atoms with van der Waals surface area (Å²) in [6.45, 7) is 0. The highest BCUT2D eigenvalue weighted by Crippen LogP contribution is 2.56. The Morgan fingerprint density at radius 3 is 2.47 bits per heavy atom. The molecule has 8 heteroatoms. The first kappa shape index (κ1) is 21.2. The van der Waals surface area contributed by atoms with Crippen LogP contribution in [0.2, 0.25) is 5.02 Å². The minimum absolute atomic E-state index is 0.0501. The molecule has 1 amide bonds. The Bertz CT molecular complexity index is 1160. The van der Waals surface area contributed by atoms with Crippen LogP contribution in [-0.4, -0.2) is 21.8 Å². The molecule has 2 aromatic heterocycles. The molecule has 2 aliphatic rings. The van der Waals surface area contributed by atoms with Crippen LogP contribution in [-0.2, 0) is 4.79 Å². The van der Waals surface area contributed by atoms with Crippen molar-refractivity contribution in [2.75, 3.05) is 5.32 Å². The van der Waals surface area contributed by atoms with E-state index in [0.29, 0.717) is 17.9 Å². The van der Waals surface area contributed by atoms with Gasteiger partial charge in [0.1, 0.15) is 11.6 Å². The summed E-state index contributed by atoms with van der Waals surface area (Å²) < 4.78 is 43.7. The third-order valence-corrected chi connectivity index (χ3v) is 7.20. The highest BCUT2D eigenvalue weighted by molar-refractivity contribution is 6.30. The van der Waals surface area contributed by atoms with Crippen molar-refractivity contribution in [1.29, 1.82) is 0 Å². The van der Waals surface area contributed by atoms with Crippen LogP contribution in [0.5, 0.6) is 0 Å². The second-order valence-corrected chi connectivity index (χ2v) is 9.29. The Labute approximate surface area is 188 Å². The van der Waals surface area contributed by atoms with Crippen molar-refractivity contribution in [2.24, 2.45) is 17.8 Å². The third-order valence-electron chi connectivity index (χ3n) is 6.98. The van der Waals surface area contributed by atoms with E-state index < -0.39 is 17.7 Å². The summed E-state index contributed by atoms with van der Waals surface area (Å²) in [5.74, 6) is -5.66. The normalized spacial score (nSPS) is 25.1. The van der Waals surface area contributed by atoms with Gasteiger partial charge in [-0.2, -0.15) is 8.78 Å². The summed E-state index contributed by atoms with van der Waals surface area (Å²) in [5, 5.41) is 3.36. The summed E-state index contributed by atoms with van der Waals surface area (Å²) in [7, 11) is 0. The maximum absolute atomic E-state index is 15.0. The number of nitrogens with one attached hydrogen (secondary N) is 1. The van der Waals surface area contributed by atoms with Crippen LogP contribution in [0.1, 0.15) is 37.2 Å². The number of aromatic nitrogens is 2. The molecule has 5 rings (SSSR count). The van der Waals surface area contributed by atoms with E-state index in [1.807, 2.05) is 6.07 Å². The van der Waals surface area contributed by atoms with E-state index in [0.717, 1.165) is 29.3 Å². The van der Waals surface area contributed by atoms with Crippen LogP contribution in [0.4, 0.5) is 19.0 Å². The molecule has 3 aromatic rings. The first-order chi connectivity index (χ1) is 15.3. The molecule has 4 atom stereocenters. The lowest BCUT2D eigenvalue weighted by Crippen LogP contribution is -2.41. The number of rotatable bonds is 4. The van der Waals surface area contributed by atoms with Gasteiger partial charge in [0, 0.05) is 23.7 Å². The monoisotopic (exact) mass is 459 g/mol. The van der Waals surface area contributed by atoms with Crippen molar-refractivity contribution in [2.45, 2.75) is 37.5 Å². The number of benzene rings is 1. The molecule has 2 saturated carbocycles. The summed E-state index contributed by atoms with van der Waals surface area (Å²) in [4.78, 5) is 20.5. The van der Waals surface area contributed by atoms with Gasteiger partial charge in [-0.15, -0.1) is 0 Å². The smallest absolute Gasteiger partial charge is 0.305 e. The zero-order chi connectivity index (χ0) is 22.5. The van der Waals surface area contributed by atoms with E-state index in [-0.39, 0.29) is 29.4 Å². The molecular formula is C24H21ClF3N3O. The molecule has 0 spiro atoms. The molecule has 2 heterocycles. The first-order valence-corrected chi connectivity index (χ1v) is 11.0. The van der Waals surface area contributed by atoms with Crippen LogP contribution in [0.25, 0.3) is 10.9 Å². The zero-order valence-electron chi connectivity index (χ0n) is 17.1. The second-order valence-electron chi connectivity index (χ2n) is 8.86. The zero-order valence-corrected chi connectivity index (χ0v) is 17.8. The number of amides is 1. The molecule has 3 unspecified atom stereocenters. The molecule has 2 fully saturated rings. The van der Waals surface area contributed by atoms with Gasteiger partial charge < -0.3 is 5.32 Å². The van der Waals surface area contributed by atoms with Gasteiger partial charge in [-0.1, -0.05) is 11.6 Å². The summed E-state index contributed by atoms with van der Waals surface area (Å²) in [5.41, 5.74) is 1.76. The summed E-state index contributed by atoms with van der Waals surface area (Å²) in [6, 6.07) is 9.34. The average molecular weight is 460 g/mol. The molecule has 0 saturated heterocycles. The van der Waals surface area contributed by atoms with Gasteiger partial charge in [0.05, 0.1) is 10.5 Å². The Kier molecular flexibility index (Phi) is 5.32. The predicted molar refractivity (Wildman–Crippen MR) is 116 cm³/mol. The molecule has 166 valence electrons. The van der Waals surface area contributed by atoms with Gasteiger partial charge >= 0.3 is 5.92 Å². The van der Waals surface area contributed by atoms with E-state index in [9.17, 15) is 18.0 Å². The largest absolute Gasteiger partial charge is 0.327 e. The number of anilines is 1. The Balaban J connectivity index is 1.28. The van der Waals surface area contributed by atoms with Crippen molar-refractivity contribution >= 4 is 34.2 Å². The van der Waals surface area contributed by atoms with Crippen LogP contribution >= 0.6 is 11.6 Å². The van der Waals surface area contributed by atoms with Crippen molar-refractivity contribution in [3.05, 3.63) is 65.2 Å². The maximum atomic E-state index is 15.0. The SMILES string of the molecule is O=C(Nc1ccc(Cl)cn1)C(F)(F)C1CC2CC(c3ccnc4ccc(F)cc34)C[C@@H]2C1. The number of nitrogens with zero attached hydrogens (tertiary/aromatic N) is 2. The van der Waals surface area contributed by atoms with Crippen LogP contribution in [0, 0.1) is 23.6 Å². The van der Waals surface area contributed by atoms with E-state index >= 15 is 0 Å². The number of carbonyl (C=O) groups is 1. The quantitative estimate of drug-likeness (QED) is 0.504. The van der Waals surface area contributed by atoms with Crippen LogP contribution in [0.3, 0.4) is 0 Å². The molecule has 2 aliphatic carbocycles. The number of halogens is 4. The fourth-order valence-electron chi connectivity index (χ4n) is 5.50. The Morgan fingerprint density at radius 1 is 1.03 bits per heavy atom. The highest BCUT2D eigenvalue weighted by atomic mass is 35.5. The van der Waals surface area contributed by atoms with Crippen molar-refractivity contribution in [3.63, 3.8) is 0 Å². The summed E-state index contributed by atoms with van der Waals surface area (Å²) in [6.07, 6.45) is 5.13. The van der Waals surface area contributed by atoms with E-state index in [1.54, 1.807) is 12.3 Å². The number of carbonyl (C=O) groups excluding carboxylic acids is 1. The van der Waals surface area contributed by atoms with Gasteiger partial charge in [0.2, 0.25) is 0 Å². The van der Waals surface area contributed by atoms with Crippen molar-refractivity contribution in [3.8, 4) is 0 Å². The first-order valence-electron chi connectivity index (χ1n) is 10.7. The van der Waals surface area contributed by atoms with E-state index in [1.165, 1.54) is 30.5 Å². The summed E-state index contributed by atoms with van der Waals surface area (Å²) >= 11 is 5.75. The molecule has 0 radical (unpaired) electrons. The van der Waals surface area contributed by atoms with Crippen LogP contribution < -0.4 is 5.32 Å². The van der Waals surface area contributed by atoms with Crippen molar-refractivity contribution < 1.29 is 18.0 Å². The fraction of sp³-hybridized carbons (Fsp3) is 0.375. The lowest BCUT2D eigenvalue weighted by atomic mass is 9.88. The molecule has 1 aromatic carbocycles. The second kappa shape index (κ2) is 8.03. The number of hydrogen-bond acceptors (Lipinski definition) is 3. The van der Waals surface area contributed by atoms with Gasteiger partial charge in [0.25, 0.3) is 5.91 Å². The Hall–Kier alpha value is -2.67. The molecule has 4 nitrogen and oxygen atoms in total. The van der Waals surface area contributed by atoms with E-state index in [2.05, 4.69) is 15.3 Å². The molecule has 1 N–H and O–H groups in total. The topological polar surface area (TPSA) is 54.9 Å².